The van der Waals surface area contributed by atoms with Gasteiger partial charge in [0.25, 0.3) is 0 Å². The first-order valence-electron chi connectivity index (χ1n) is 4.06. The Labute approximate surface area is 112 Å². The molecule has 18 heavy (non-hydrogen) atoms. The van der Waals surface area contributed by atoms with Gasteiger partial charge in [0.1, 0.15) is 10.7 Å². The lowest BCUT2D eigenvalue weighted by molar-refractivity contribution is 0.362. The number of rotatable bonds is 3. The predicted molar refractivity (Wildman–Crippen MR) is 67.3 cm³/mol. The van der Waals surface area contributed by atoms with E-state index in [-0.39, 0.29) is 6.07 Å². The van der Waals surface area contributed by atoms with Crippen molar-refractivity contribution < 1.29 is 23.8 Å². The van der Waals surface area contributed by atoms with E-state index in [0.717, 1.165) is 11.6 Å². The van der Waals surface area contributed by atoms with Crippen LogP contribution in [0.15, 0.2) is 26.5 Å². The number of aliphatic imine (C=N–C) groups is 1. The molecule has 0 aromatic heterocycles. The zero-order chi connectivity index (χ0) is 14.3. The molecule has 0 unspecified atom stereocenters. The normalized spacial score (nSPS) is 16.4. The van der Waals surface area contributed by atoms with Crippen molar-refractivity contribution in [2.45, 2.75) is 4.90 Å². The predicted octanol–water partition coefficient (Wildman–Crippen LogP) is 5.95. The van der Waals surface area contributed by atoms with Gasteiger partial charge < -0.3 is 0 Å². The van der Waals surface area contributed by atoms with Crippen molar-refractivity contribution in [3.05, 3.63) is 22.4 Å². The van der Waals surface area contributed by atoms with Crippen LogP contribution < -0.4 is 0 Å². The highest BCUT2D eigenvalue weighted by Gasteiger charge is 2.67. The molecule has 0 aliphatic heterocycles. The number of hydrogen-bond donors (Lipinski definition) is 0. The SMILES string of the molecule is Fc1cc(N=CC=S)cc(S(F)(F)(F)(F)F)c1Br. The van der Waals surface area contributed by atoms with E-state index >= 15 is 0 Å². The van der Waals surface area contributed by atoms with E-state index in [4.69, 9.17) is 0 Å². The van der Waals surface area contributed by atoms with Crippen LogP contribution >= 0.6 is 38.4 Å². The van der Waals surface area contributed by atoms with E-state index in [1.807, 2.05) is 0 Å². The Kier molecular flexibility index (Phi) is 3.38. The molecule has 0 spiro atoms. The third kappa shape index (κ3) is 3.69. The maximum Gasteiger partial charge on any atom is 0.311 e. The molecule has 0 aliphatic carbocycles. The van der Waals surface area contributed by atoms with Crippen LogP contribution in [0.4, 0.5) is 29.5 Å². The molecule has 0 N–H and O–H groups in total. The highest BCUT2D eigenvalue weighted by Crippen LogP contribution is 3.02. The van der Waals surface area contributed by atoms with Crippen LogP contribution in [-0.2, 0) is 0 Å². The van der Waals surface area contributed by atoms with Crippen LogP contribution in [0.5, 0.6) is 0 Å². The summed E-state index contributed by atoms with van der Waals surface area (Å²) in [5.41, 5.74) is -0.611. The second-order valence-electron chi connectivity index (χ2n) is 3.12. The maximum absolute atomic E-state index is 13.2. The first-order valence-corrected chi connectivity index (χ1v) is 7.27. The summed E-state index contributed by atoms with van der Waals surface area (Å²) >= 11 is 6.48. The van der Waals surface area contributed by atoms with E-state index in [1.54, 1.807) is 0 Å². The Bertz CT molecular complexity index is 538. The Morgan fingerprint density at radius 3 is 2.17 bits per heavy atom. The number of hydrogen-bond acceptors (Lipinski definition) is 2. The summed E-state index contributed by atoms with van der Waals surface area (Å²) in [6, 6.07) is 0.635. The monoisotopic (exact) mass is 371 g/mol. The van der Waals surface area contributed by atoms with Crippen molar-refractivity contribution >= 4 is 55.6 Å². The van der Waals surface area contributed by atoms with Gasteiger partial charge in [-0.2, -0.15) is 0 Å². The molecule has 0 bridgehead atoms. The van der Waals surface area contributed by atoms with Crippen LogP contribution in [-0.4, -0.2) is 11.6 Å². The largest absolute Gasteiger partial charge is 0.311 e. The lowest BCUT2D eigenvalue weighted by Crippen LogP contribution is -2.07. The van der Waals surface area contributed by atoms with Gasteiger partial charge in [-0.1, -0.05) is 31.6 Å². The lowest BCUT2D eigenvalue weighted by Gasteiger charge is -2.41. The second-order valence-corrected chi connectivity index (χ2v) is 6.57. The fraction of sp³-hybridized carbons (Fsp3) is 0. The number of thiocarbonyl (C=S) groups is 1. The molecule has 0 saturated heterocycles. The van der Waals surface area contributed by atoms with Gasteiger partial charge in [0.2, 0.25) is 0 Å². The van der Waals surface area contributed by atoms with Gasteiger partial charge in [-0.05, 0) is 22.0 Å². The summed E-state index contributed by atoms with van der Waals surface area (Å²) in [4.78, 5) is 0.948. The molecule has 0 amide bonds. The Balaban J connectivity index is 3.61. The highest BCUT2D eigenvalue weighted by atomic mass is 79.9. The lowest BCUT2D eigenvalue weighted by atomic mass is 10.3. The molecule has 0 heterocycles. The molecule has 0 fully saturated rings. The Morgan fingerprint density at radius 2 is 1.72 bits per heavy atom. The van der Waals surface area contributed by atoms with Crippen LogP contribution in [0.25, 0.3) is 0 Å². The van der Waals surface area contributed by atoms with Gasteiger partial charge >= 0.3 is 10.2 Å². The average Bonchev–Trinajstić information content (AvgIpc) is 2.15. The Morgan fingerprint density at radius 1 is 1.17 bits per heavy atom. The topological polar surface area (TPSA) is 12.4 Å². The van der Waals surface area contributed by atoms with Crippen LogP contribution in [0.3, 0.4) is 0 Å². The van der Waals surface area contributed by atoms with Gasteiger partial charge in [0, 0.05) is 17.6 Å². The van der Waals surface area contributed by atoms with E-state index in [1.165, 1.54) is 0 Å². The number of benzene rings is 1. The van der Waals surface area contributed by atoms with Gasteiger partial charge in [-0.25, -0.2) is 4.39 Å². The molecule has 0 atom stereocenters. The van der Waals surface area contributed by atoms with Crippen molar-refractivity contribution in [2.75, 3.05) is 0 Å². The third-order valence-corrected chi connectivity index (χ3v) is 4.02. The first-order chi connectivity index (χ1) is 7.85. The summed E-state index contributed by atoms with van der Waals surface area (Å²) < 4.78 is 74.9. The smallest absolute Gasteiger partial charge is 0.256 e. The third-order valence-electron chi connectivity index (χ3n) is 1.68. The molecular formula is C8H4BrF6NS2. The summed E-state index contributed by atoms with van der Waals surface area (Å²) in [6.07, 6.45) is 0.882. The molecule has 102 valence electrons. The molecule has 0 aliphatic rings. The van der Waals surface area contributed by atoms with Gasteiger partial charge in [0.05, 0.1) is 10.2 Å². The average molecular weight is 372 g/mol. The fourth-order valence-corrected chi connectivity index (χ4v) is 3.01. The molecule has 1 aromatic carbocycles. The molecule has 0 saturated carbocycles. The standard InChI is InChI=1S/C8H4BrF6NS2/c9-8-6(10)3-5(16-1-2-17)4-7(8)18(11,12,13,14)15/h1-4H. The summed E-state index contributed by atoms with van der Waals surface area (Å²) in [7, 11) is -9.99. The van der Waals surface area contributed by atoms with E-state index in [9.17, 15) is 23.8 Å². The molecule has 1 rings (SSSR count). The minimum Gasteiger partial charge on any atom is -0.256 e. The minimum absolute atomic E-state index is 0.0596. The summed E-state index contributed by atoms with van der Waals surface area (Å²) in [5, 5.41) is 0.944. The van der Waals surface area contributed by atoms with Crippen molar-refractivity contribution in [1.29, 1.82) is 0 Å². The van der Waals surface area contributed by atoms with Crippen LogP contribution in [0, 0.1) is 5.82 Å². The van der Waals surface area contributed by atoms with Gasteiger partial charge in [-0.15, -0.1) is 0 Å². The molecule has 0 radical (unpaired) electrons. The molecule has 1 aromatic rings. The molecular weight excluding hydrogens is 368 g/mol. The Hall–Kier alpha value is -0.610. The first kappa shape index (κ1) is 15.4. The van der Waals surface area contributed by atoms with Crippen LogP contribution in [0.2, 0.25) is 0 Å². The van der Waals surface area contributed by atoms with Crippen molar-refractivity contribution in [2.24, 2.45) is 4.99 Å². The van der Waals surface area contributed by atoms with Crippen molar-refractivity contribution in [3.8, 4) is 0 Å². The second kappa shape index (κ2) is 3.94. The quantitative estimate of drug-likeness (QED) is 0.363. The minimum atomic E-state index is -9.99. The zero-order valence-electron chi connectivity index (χ0n) is 8.22. The summed E-state index contributed by atoms with van der Waals surface area (Å²) in [5.74, 6) is -1.49. The molecule has 1 nitrogen and oxygen atoms in total. The van der Waals surface area contributed by atoms with E-state index in [0.29, 0.717) is 6.07 Å². The van der Waals surface area contributed by atoms with Crippen molar-refractivity contribution in [1.82, 2.24) is 0 Å². The number of halogens is 7. The van der Waals surface area contributed by atoms with Gasteiger partial charge in [-0.3, -0.25) is 4.99 Å². The van der Waals surface area contributed by atoms with Gasteiger partial charge in [0.15, 0.2) is 0 Å². The van der Waals surface area contributed by atoms with E-state index < -0.39 is 31.1 Å². The van der Waals surface area contributed by atoms with E-state index in [2.05, 4.69) is 33.1 Å². The highest BCUT2D eigenvalue weighted by molar-refractivity contribution is 9.10. The van der Waals surface area contributed by atoms with Crippen LogP contribution in [0.1, 0.15) is 0 Å². The fourth-order valence-electron chi connectivity index (χ4n) is 1.02. The molecule has 10 heteroatoms. The maximum atomic E-state index is 13.2. The van der Waals surface area contributed by atoms with Crippen molar-refractivity contribution in [3.63, 3.8) is 0 Å². The zero-order valence-corrected chi connectivity index (χ0v) is 11.4. The number of nitrogens with zero attached hydrogens (tertiary/aromatic N) is 1. The summed E-state index contributed by atoms with van der Waals surface area (Å²) in [6.45, 7) is 0.